The van der Waals surface area contributed by atoms with E-state index in [2.05, 4.69) is 34.5 Å². The summed E-state index contributed by atoms with van der Waals surface area (Å²) in [7, 11) is 0. The molecule has 0 unspecified atom stereocenters. The fraction of sp³-hybridized carbons (Fsp3) is 0.321. The van der Waals surface area contributed by atoms with Crippen molar-refractivity contribution in [3.05, 3.63) is 80.4 Å². The van der Waals surface area contributed by atoms with Gasteiger partial charge in [-0.2, -0.15) is 0 Å². The molecule has 0 bridgehead atoms. The number of nitrogens with one attached hydrogen (secondary N) is 1. The minimum Gasteiger partial charge on any atom is -0.352 e. The maximum Gasteiger partial charge on any atom is 0.322 e. The topological polar surface area (TPSA) is 61.4 Å². The van der Waals surface area contributed by atoms with E-state index in [0.29, 0.717) is 48.3 Å². The number of aryl methyl sites for hydroxylation is 2. The van der Waals surface area contributed by atoms with Crippen molar-refractivity contribution in [1.29, 1.82) is 0 Å². The summed E-state index contributed by atoms with van der Waals surface area (Å²) in [5.74, 6) is 1.87. The molecule has 3 heterocycles. The highest BCUT2D eigenvalue weighted by Gasteiger charge is 2.28. The van der Waals surface area contributed by atoms with Gasteiger partial charge in [0.15, 0.2) is 0 Å². The van der Waals surface area contributed by atoms with Gasteiger partial charge in [0.05, 0.1) is 21.1 Å². The summed E-state index contributed by atoms with van der Waals surface area (Å²) in [4.78, 5) is 29.8. The predicted octanol–water partition coefficient (Wildman–Crippen LogP) is 6.82. The Morgan fingerprint density at radius 1 is 0.919 bits per heavy atom. The molecule has 6 rings (SSSR count). The summed E-state index contributed by atoms with van der Waals surface area (Å²) in [6.45, 7) is 2.57. The number of halogens is 2. The Kier molecular flexibility index (Phi) is 6.93. The van der Waals surface area contributed by atoms with E-state index >= 15 is 0 Å². The molecule has 0 saturated carbocycles. The second-order valence-corrected chi connectivity index (χ2v) is 11.4. The number of para-hydroxylation sites is 1. The van der Waals surface area contributed by atoms with E-state index in [1.165, 1.54) is 34.2 Å². The highest BCUT2D eigenvalue weighted by Crippen LogP contribution is 2.40. The lowest BCUT2D eigenvalue weighted by Gasteiger charge is -2.36. The fourth-order valence-corrected chi connectivity index (χ4v) is 6.96. The Morgan fingerprint density at radius 3 is 2.41 bits per heavy atom. The molecule has 0 atom stereocenters. The number of carbonyl (C=O) groups is 1. The maximum absolute atomic E-state index is 13.0. The molecule has 1 aliphatic heterocycles. The van der Waals surface area contributed by atoms with Gasteiger partial charge in [0.25, 0.3) is 0 Å². The number of amides is 2. The maximum atomic E-state index is 13.0. The largest absolute Gasteiger partial charge is 0.352 e. The SMILES string of the molecule is O=C(Nc1c(Cl)cccc1Cl)N1CCN(c2nc(Cc3ccccc3)nc3sc4c(c23)CCCC4)CC1. The van der Waals surface area contributed by atoms with E-state index in [0.717, 1.165) is 29.3 Å². The number of urea groups is 1. The van der Waals surface area contributed by atoms with Gasteiger partial charge in [-0.15, -0.1) is 11.3 Å². The minimum absolute atomic E-state index is 0.194. The molecular formula is C28H27Cl2N5OS. The first-order chi connectivity index (χ1) is 18.1. The van der Waals surface area contributed by atoms with Crippen molar-refractivity contribution in [3.8, 4) is 0 Å². The molecular weight excluding hydrogens is 525 g/mol. The van der Waals surface area contributed by atoms with Crippen LogP contribution in [0.25, 0.3) is 10.2 Å². The quantitative estimate of drug-likeness (QED) is 0.302. The van der Waals surface area contributed by atoms with Gasteiger partial charge in [-0.05, 0) is 48.9 Å². The zero-order valence-electron chi connectivity index (χ0n) is 20.3. The summed E-state index contributed by atoms with van der Waals surface area (Å²) in [6.07, 6.45) is 5.37. The highest BCUT2D eigenvalue weighted by atomic mass is 35.5. The molecule has 9 heteroatoms. The van der Waals surface area contributed by atoms with Gasteiger partial charge in [-0.3, -0.25) is 0 Å². The van der Waals surface area contributed by atoms with Gasteiger partial charge in [0, 0.05) is 37.5 Å². The average molecular weight is 553 g/mol. The average Bonchev–Trinajstić information content (AvgIpc) is 3.29. The number of rotatable bonds is 4. The van der Waals surface area contributed by atoms with Crippen LogP contribution in [0.1, 0.15) is 34.7 Å². The number of hydrogen-bond acceptors (Lipinski definition) is 5. The molecule has 2 aromatic heterocycles. The first-order valence-corrected chi connectivity index (χ1v) is 14.2. The van der Waals surface area contributed by atoms with E-state index in [1.54, 1.807) is 18.2 Å². The van der Waals surface area contributed by atoms with Crippen LogP contribution in [0.4, 0.5) is 16.3 Å². The molecule has 2 aliphatic rings. The number of aromatic nitrogens is 2. The lowest BCUT2D eigenvalue weighted by molar-refractivity contribution is 0.208. The van der Waals surface area contributed by atoms with E-state index in [-0.39, 0.29) is 6.03 Å². The zero-order valence-corrected chi connectivity index (χ0v) is 22.7. The molecule has 1 N–H and O–H groups in total. The fourth-order valence-electron chi connectivity index (χ4n) is 5.19. The van der Waals surface area contributed by atoms with Crippen LogP contribution in [0.5, 0.6) is 0 Å². The number of benzene rings is 2. The van der Waals surface area contributed by atoms with E-state index < -0.39 is 0 Å². The van der Waals surface area contributed by atoms with Crippen LogP contribution in [-0.4, -0.2) is 47.1 Å². The van der Waals surface area contributed by atoms with Crippen LogP contribution in [0.2, 0.25) is 10.0 Å². The lowest BCUT2D eigenvalue weighted by Crippen LogP contribution is -2.50. The standard InChI is InChI=1S/C28H27Cl2N5OS/c29-20-10-6-11-21(30)25(20)33-28(36)35-15-13-34(14-16-35)26-24-19-9-4-5-12-22(19)37-27(24)32-23(31-26)17-18-7-2-1-3-8-18/h1-3,6-8,10-11H,4-5,9,12-17H2,(H,33,36). The van der Waals surface area contributed by atoms with Gasteiger partial charge in [0.2, 0.25) is 0 Å². The predicted molar refractivity (Wildman–Crippen MR) is 153 cm³/mol. The van der Waals surface area contributed by atoms with Gasteiger partial charge < -0.3 is 15.1 Å². The number of anilines is 2. The van der Waals surface area contributed by atoms with Gasteiger partial charge in [0.1, 0.15) is 16.5 Å². The van der Waals surface area contributed by atoms with Crippen molar-refractivity contribution in [3.63, 3.8) is 0 Å². The summed E-state index contributed by atoms with van der Waals surface area (Å²) in [6, 6.07) is 15.4. The third kappa shape index (κ3) is 5.00. The number of nitrogens with zero attached hydrogens (tertiary/aromatic N) is 4. The summed E-state index contributed by atoms with van der Waals surface area (Å²) < 4.78 is 0. The van der Waals surface area contributed by atoms with Gasteiger partial charge in [-0.1, -0.05) is 59.6 Å². The number of hydrogen-bond donors (Lipinski definition) is 1. The third-order valence-corrected chi connectivity index (χ3v) is 8.92. The summed E-state index contributed by atoms with van der Waals surface area (Å²) in [5, 5.41) is 4.96. The number of carbonyl (C=O) groups excluding carboxylic acids is 1. The first-order valence-electron chi connectivity index (χ1n) is 12.7. The number of fused-ring (bicyclic) bond motifs is 3. The monoisotopic (exact) mass is 551 g/mol. The molecule has 2 amide bonds. The van der Waals surface area contributed by atoms with Gasteiger partial charge >= 0.3 is 6.03 Å². The Balaban J connectivity index is 1.26. The van der Waals surface area contributed by atoms with Crippen LogP contribution in [0, 0.1) is 0 Å². The molecule has 0 radical (unpaired) electrons. The van der Waals surface area contributed by atoms with Crippen molar-refractivity contribution in [1.82, 2.24) is 14.9 Å². The molecule has 1 aliphatic carbocycles. The first kappa shape index (κ1) is 24.5. The Hall–Kier alpha value is -2.87. The molecule has 1 fully saturated rings. The Bertz CT molecular complexity index is 1430. The third-order valence-electron chi connectivity index (χ3n) is 7.11. The molecule has 37 heavy (non-hydrogen) atoms. The molecule has 4 aromatic rings. The van der Waals surface area contributed by atoms with Crippen LogP contribution in [0.3, 0.4) is 0 Å². The van der Waals surface area contributed by atoms with Crippen molar-refractivity contribution in [2.24, 2.45) is 0 Å². The van der Waals surface area contributed by atoms with Crippen molar-refractivity contribution in [2.45, 2.75) is 32.1 Å². The van der Waals surface area contributed by atoms with Crippen LogP contribution < -0.4 is 10.2 Å². The lowest BCUT2D eigenvalue weighted by atomic mass is 9.96. The molecule has 1 saturated heterocycles. The molecule has 2 aromatic carbocycles. The van der Waals surface area contributed by atoms with Crippen LogP contribution in [-0.2, 0) is 19.3 Å². The Labute approximate surface area is 230 Å². The second kappa shape index (κ2) is 10.5. The van der Waals surface area contributed by atoms with E-state index in [1.807, 2.05) is 22.3 Å². The Morgan fingerprint density at radius 2 is 1.65 bits per heavy atom. The van der Waals surface area contributed by atoms with E-state index in [9.17, 15) is 4.79 Å². The van der Waals surface area contributed by atoms with E-state index in [4.69, 9.17) is 33.2 Å². The molecule has 0 spiro atoms. The zero-order chi connectivity index (χ0) is 25.4. The number of piperazine rings is 1. The van der Waals surface area contributed by atoms with Crippen molar-refractivity contribution < 1.29 is 4.79 Å². The normalized spacial score (nSPS) is 15.6. The van der Waals surface area contributed by atoms with Crippen molar-refractivity contribution >= 4 is 62.3 Å². The smallest absolute Gasteiger partial charge is 0.322 e. The summed E-state index contributed by atoms with van der Waals surface area (Å²) in [5.41, 5.74) is 3.08. The number of thiophene rings is 1. The second-order valence-electron chi connectivity index (χ2n) is 9.52. The highest BCUT2D eigenvalue weighted by molar-refractivity contribution is 7.19. The van der Waals surface area contributed by atoms with Crippen LogP contribution >= 0.6 is 34.5 Å². The van der Waals surface area contributed by atoms with Crippen LogP contribution in [0.15, 0.2) is 48.5 Å². The van der Waals surface area contributed by atoms with Crippen molar-refractivity contribution in [2.75, 3.05) is 36.4 Å². The summed E-state index contributed by atoms with van der Waals surface area (Å²) >= 11 is 14.3. The molecule has 6 nitrogen and oxygen atoms in total. The minimum atomic E-state index is -0.194. The molecule has 190 valence electrons. The van der Waals surface area contributed by atoms with Gasteiger partial charge in [-0.25, -0.2) is 14.8 Å².